The molecule has 0 radical (unpaired) electrons. The van der Waals surface area contributed by atoms with Gasteiger partial charge in [0.15, 0.2) is 0 Å². The van der Waals surface area contributed by atoms with Gasteiger partial charge in [0.2, 0.25) is 5.95 Å². The standard InChI is InChI=1S/C13H16N4O3/c14-13-15-10-17(16-13)9-12(18)20-8-4-7-19-11-5-2-1-3-6-11/h1-3,5-6,10H,4,7-9H2,(H2,14,16). The minimum Gasteiger partial charge on any atom is -0.493 e. The quantitative estimate of drug-likeness (QED) is 0.596. The van der Waals surface area contributed by atoms with E-state index in [9.17, 15) is 4.79 Å². The summed E-state index contributed by atoms with van der Waals surface area (Å²) in [4.78, 5) is 15.2. The molecular formula is C13H16N4O3. The normalized spacial score (nSPS) is 10.2. The van der Waals surface area contributed by atoms with E-state index >= 15 is 0 Å². The molecule has 2 aromatic rings. The second-order valence-corrected chi connectivity index (χ2v) is 4.04. The van der Waals surface area contributed by atoms with Gasteiger partial charge < -0.3 is 15.2 Å². The maximum atomic E-state index is 11.5. The van der Waals surface area contributed by atoms with Gasteiger partial charge in [-0.1, -0.05) is 18.2 Å². The van der Waals surface area contributed by atoms with E-state index in [-0.39, 0.29) is 18.5 Å². The average Bonchev–Trinajstić information content (AvgIpc) is 2.85. The van der Waals surface area contributed by atoms with Crippen molar-refractivity contribution in [3.8, 4) is 5.75 Å². The lowest BCUT2D eigenvalue weighted by molar-refractivity contribution is -0.144. The highest BCUT2D eigenvalue weighted by Crippen LogP contribution is 2.08. The Morgan fingerprint density at radius 3 is 2.75 bits per heavy atom. The fourth-order valence-electron chi connectivity index (χ4n) is 1.51. The first-order valence-electron chi connectivity index (χ1n) is 6.22. The van der Waals surface area contributed by atoms with E-state index in [1.54, 1.807) is 0 Å². The third-order valence-electron chi connectivity index (χ3n) is 2.41. The van der Waals surface area contributed by atoms with Crippen LogP contribution in [-0.4, -0.2) is 33.9 Å². The number of carbonyl (C=O) groups excluding carboxylic acids is 1. The zero-order valence-electron chi connectivity index (χ0n) is 10.9. The van der Waals surface area contributed by atoms with Crippen LogP contribution in [0.5, 0.6) is 5.75 Å². The predicted molar refractivity (Wildman–Crippen MR) is 71.9 cm³/mol. The molecule has 1 aromatic heterocycles. The van der Waals surface area contributed by atoms with E-state index in [0.717, 1.165) is 5.75 Å². The number of para-hydroxylation sites is 1. The van der Waals surface area contributed by atoms with Crippen LogP contribution < -0.4 is 10.5 Å². The Labute approximate surface area is 116 Å². The monoisotopic (exact) mass is 276 g/mol. The zero-order valence-corrected chi connectivity index (χ0v) is 10.9. The molecule has 2 rings (SSSR count). The maximum Gasteiger partial charge on any atom is 0.327 e. The molecule has 0 saturated carbocycles. The zero-order chi connectivity index (χ0) is 14.2. The topological polar surface area (TPSA) is 92.3 Å². The SMILES string of the molecule is Nc1ncn(CC(=O)OCCCOc2ccccc2)n1. The van der Waals surface area contributed by atoms with Crippen molar-refractivity contribution in [2.75, 3.05) is 18.9 Å². The Kier molecular flexibility index (Phi) is 4.94. The number of anilines is 1. The number of hydrogen-bond donors (Lipinski definition) is 1. The van der Waals surface area contributed by atoms with E-state index in [4.69, 9.17) is 15.2 Å². The molecule has 0 unspecified atom stereocenters. The summed E-state index contributed by atoms with van der Waals surface area (Å²) in [6, 6.07) is 9.48. The Hall–Kier alpha value is -2.57. The van der Waals surface area contributed by atoms with Crippen molar-refractivity contribution in [2.45, 2.75) is 13.0 Å². The number of rotatable bonds is 7. The predicted octanol–water partition coefficient (Wildman–Crippen LogP) is 0.873. The molecule has 106 valence electrons. The number of esters is 1. The minimum absolute atomic E-state index is 0.00371. The fraction of sp³-hybridized carbons (Fsp3) is 0.308. The first-order valence-corrected chi connectivity index (χ1v) is 6.22. The number of hydrogen-bond acceptors (Lipinski definition) is 6. The van der Waals surface area contributed by atoms with Gasteiger partial charge >= 0.3 is 5.97 Å². The van der Waals surface area contributed by atoms with Crippen LogP contribution in [0.25, 0.3) is 0 Å². The van der Waals surface area contributed by atoms with Gasteiger partial charge in [-0.25, -0.2) is 9.67 Å². The number of aromatic nitrogens is 3. The summed E-state index contributed by atoms with van der Waals surface area (Å²) in [6.07, 6.45) is 2.01. The van der Waals surface area contributed by atoms with Crippen LogP contribution in [-0.2, 0) is 16.1 Å². The lowest BCUT2D eigenvalue weighted by Crippen LogP contribution is -2.15. The lowest BCUT2D eigenvalue weighted by atomic mass is 10.3. The first kappa shape index (κ1) is 13.9. The summed E-state index contributed by atoms with van der Waals surface area (Å²) in [5, 5.41) is 3.79. The van der Waals surface area contributed by atoms with Gasteiger partial charge in [-0.3, -0.25) is 4.79 Å². The van der Waals surface area contributed by atoms with Crippen molar-refractivity contribution in [3.63, 3.8) is 0 Å². The van der Waals surface area contributed by atoms with E-state index in [2.05, 4.69) is 10.1 Å². The molecule has 7 heteroatoms. The first-order chi connectivity index (χ1) is 9.74. The molecule has 0 bridgehead atoms. The van der Waals surface area contributed by atoms with E-state index in [0.29, 0.717) is 19.6 Å². The van der Waals surface area contributed by atoms with Crippen molar-refractivity contribution in [1.29, 1.82) is 0 Å². The third kappa shape index (κ3) is 4.60. The van der Waals surface area contributed by atoms with Crippen LogP contribution >= 0.6 is 0 Å². The Morgan fingerprint density at radius 2 is 2.05 bits per heavy atom. The van der Waals surface area contributed by atoms with E-state index in [1.165, 1.54) is 11.0 Å². The van der Waals surface area contributed by atoms with Gasteiger partial charge in [0.25, 0.3) is 0 Å². The van der Waals surface area contributed by atoms with Crippen LogP contribution in [0, 0.1) is 0 Å². The van der Waals surface area contributed by atoms with Crippen molar-refractivity contribution < 1.29 is 14.3 Å². The average molecular weight is 276 g/mol. The number of ether oxygens (including phenoxy) is 2. The molecule has 0 amide bonds. The highest BCUT2D eigenvalue weighted by Gasteiger charge is 2.05. The maximum absolute atomic E-state index is 11.5. The van der Waals surface area contributed by atoms with E-state index in [1.807, 2.05) is 30.3 Å². The highest BCUT2D eigenvalue weighted by molar-refractivity contribution is 5.68. The largest absolute Gasteiger partial charge is 0.493 e. The fourth-order valence-corrected chi connectivity index (χ4v) is 1.51. The molecule has 0 aliphatic carbocycles. The molecule has 0 spiro atoms. The van der Waals surface area contributed by atoms with Crippen molar-refractivity contribution in [3.05, 3.63) is 36.7 Å². The van der Waals surface area contributed by atoms with Crippen LogP contribution in [0.15, 0.2) is 36.7 Å². The van der Waals surface area contributed by atoms with Crippen molar-refractivity contribution in [2.24, 2.45) is 0 Å². The summed E-state index contributed by atoms with van der Waals surface area (Å²) < 4.78 is 11.9. The second-order valence-electron chi connectivity index (χ2n) is 4.04. The molecule has 1 heterocycles. The smallest absolute Gasteiger partial charge is 0.327 e. The van der Waals surface area contributed by atoms with Crippen molar-refractivity contribution in [1.82, 2.24) is 14.8 Å². The summed E-state index contributed by atoms with van der Waals surface area (Å²) in [5.74, 6) is 0.556. The van der Waals surface area contributed by atoms with Gasteiger partial charge in [-0.2, -0.15) is 0 Å². The van der Waals surface area contributed by atoms with Crippen molar-refractivity contribution >= 4 is 11.9 Å². The van der Waals surface area contributed by atoms with Crippen LogP contribution in [0.4, 0.5) is 5.95 Å². The molecule has 7 nitrogen and oxygen atoms in total. The summed E-state index contributed by atoms with van der Waals surface area (Å²) >= 11 is 0. The van der Waals surface area contributed by atoms with Gasteiger partial charge in [0, 0.05) is 6.42 Å². The van der Waals surface area contributed by atoms with Crippen LogP contribution in [0.3, 0.4) is 0 Å². The molecule has 0 aliphatic heterocycles. The van der Waals surface area contributed by atoms with Crippen LogP contribution in [0.1, 0.15) is 6.42 Å². The van der Waals surface area contributed by atoms with Crippen LogP contribution in [0.2, 0.25) is 0 Å². The van der Waals surface area contributed by atoms with Gasteiger partial charge in [0.1, 0.15) is 18.6 Å². The summed E-state index contributed by atoms with van der Waals surface area (Å²) in [7, 11) is 0. The highest BCUT2D eigenvalue weighted by atomic mass is 16.5. The molecule has 1 aromatic carbocycles. The van der Waals surface area contributed by atoms with Gasteiger partial charge in [-0.05, 0) is 12.1 Å². The number of carbonyl (C=O) groups is 1. The lowest BCUT2D eigenvalue weighted by Gasteiger charge is -2.06. The molecule has 0 saturated heterocycles. The molecule has 20 heavy (non-hydrogen) atoms. The van der Waals surface area contributed by atoms with Gasteiger partial charge in [0.05, 0.1) is 13.2 Å². The molecular weight excluding hydrogens is 260 g/mol. The second kappa shape index (κ2) is 7.13. The van der Waals surface area contributed by atoms with Gasteiger partial charge in [-0.15, -0.1) is 5.10 Å². The van der Waals surface area contributed by atoms with E-state index < -0.39 is 0 Å². The molecule has 0 fully saturated rings. The Balaban J connectivity index is 1.58. The summed E-state index contributed by atoms with van der Waals surface area (Å²) in [5.41, 5.74) is 5.34. The molecule has 0 atom stereocenters. The summed E-state index contributed by atoms with van der Waals surface area (Å²) in [6.45, 7) is 0.799. The molecule has 0 aliphatic rings. The number of nitrogens with zero attached hydrogens (tertiary/aromatic N) is 3. The Morgan fingerprint density at radius 1 is 1.25 bits per heavy atom. The molecule has 2 N–H and O–H groups in total. The minimum atomic E-state index is -0.380. The number of nitrogen functional groups attached to an aromatic ring is 1. The number of nitrogens with two attached hydrogens (primary N) is 1. The Bertz CT molecular complexity index is 542. The number of benzene rings is 1. The third-order valence-corrected chi connectivity index (χ3v) is 2.41.